The maximum absolute atomic E-state index is 12.2. The molecule has 0 bridgehead atoms. The predicted molar refractivity (Wildman–Crippen MR) is 87.7 cm³/mol. The van der Waals surface area contributed by atoms with Gasteiger partial charge in [-0.3, -0.25) is 4.79 Å². The van der Waals surface area contributed by atoms with Crippen LogP contribution in [0.2, 0.25) is 0 Å². The van der Waals surface area contributed by atoms with E-state index in [0.717, 1.165) is 15.7 Å². The van der Waals surface area contributed by atoms with E-state index < -0.39 is 0 Å². The Morgan fingerprint density at radius 2 is 2.00 bits per heavy atom. The minimum absolute atomic E-state index is 0.134. The minimum Gasteiger partial charge on any atom is -0.322 e. The molecule has 0 saturated carbocycles. The number of hydrogen-bond donors (Lipinski definition) is 1. The smallest absolute Gasteiger partial charge is 0.255 e. The van der Waals surface area contributed by atoms with Gasteiger partial charge in [-0.2, -0.15) is 5.10 Å². The molecule has 6 heteroatoms. The number of rotatable bonds is 4. The number of benzene rings is 2. The van der Waals surface area contributed by atoms with Crippen molar-refractivity contribution in [3.05, 3.63) is 76.8 Å². The van der Waals surface area contributed by atoms with Crippen molar-refractivity contribution in [3.63, 3.8) is 0 Å². The molecule has 5 nitrogen and oxygen atoms in total. The van der Waals surface area contributed by atoms with Crippen LogP contribution in [0.1, 0.15) is 15.9 Å². The molecule has 0 radical (unpaired) electrons. The van der Waals surface area contributed by atoms with E-state index in [-0.39, 0.29) is 5.91 Å². The Balaban J connectivity index is 1.67. The van der Waals surface area contributed by atoms with Crippen LogP contribution >= 0.6 is 15.9 Å². The molecule has 3 rings (SSSR count). The number of amides is 1. The Kier molecular flexibility index (Phi) is 4.29. The van der Waals surface area contributed by atoms with Crippen LogP contribution < -0.4 is 5.32 Å². The first-order valence-electron chi connectivity index (χ1n) is 6.69. The second-order valence-corrected chi connectivity index (χ2v) is 5.67. The summed E-state index contributed by atoms with van der Waals surface area (Å²) in [5.74, 6) is -0.134. The van der Waals surface area contributed by atoms with Crippen molar-refractivity contribution in [3.8, 4) is 0 Å². The second-order valence-electron chi connectivity index (χ2n) is 4.75. The SMILES string of the molecule is O=C(Nc1ccc(Cn2cncn2)cc1)c1cccc(Br)c1. The van der Waals surface area contributed by atoms with Gasteiger partial charge in [0.05, 0.1) is 6.54 Å². The van der Waals surface area contributed by atoms with Gasteiger partial charge in [-0.25, -0.2) is 9.67 Å². The molecule has 0 saturated heterocycles. The molecule has 0 spiro atoms. The molecule has 110 valence electrons. The Hall–Kier alpha value is -2.47. The maximum Gasteiger partial charge on any atom is 0.255 e. The largest absolute Gasteiger partial charge is 0.322 e. The number of aromatic nitrogens is 3. The number of carbonyl (C=O) groups is 1. The van der Waals surface area contributed by atoms with Crippen molar-refractivity contribution in [1.82, 2.24) is 14.8 Å². The van der Waals surface area contributed by atoms with Gasteiger partial charge in [-0.1, -0.05) is 34.1 Å². The molecule has 1 amide bonds. The molecule has 0 atom stereocenters. The standard InChI is InChI=1S/C16H13BrN4O/c17-14-3-1-2-13(8-14)16(22)20-15-6-4-12(5-7-15)9-21-11-18-10-19-21/h1-8,10-11H,9H2,(H,20,22). The predicted octanol–water partition coefficient (Wildman–Crippen LogP) is 3.34. The quantitative estimate of drug-likeness (QED) is 0.779. The molecule has 0 fully saturated rings. The van der Waals surface area contributed by atoms with Gasteiger partial charge in [-0.15, -0.1) is 0 Å². The molecule has 1 N–H and O–H groups in total. The summed E-state index contributed by atoms with van der Waals surface area (Å²) in [6.45, 7) is 0.653. The number of anilines is 1. The van der Waals surface area contributed by atoms with Crippen LogP contribution in [0, 0.1) is 0 Å². The zero-order valence-electron chi connectivity index (χ0n) is 11.6. The summed E-state index contributed by atoms with van der Waals surface area (Å²) < 4.78 is 2.62. The average molecular weight is 357 g/mol. The van der Waals surface area contributed by atoms with Crippen LogP contribution in [-0.2, 0) is 6.54 Å². The fraction of sp³-hybridized carbons (Fsp3) is 0.0625. The average Bonchev–Trinajstić information content (AvgIpc) is 3.02. The lowest BCUT2D eigenvalue weighted by molar-refractivity contribution is 0.102. The van der Waals surface area contributed by atoms with Crippen LogP contribution in [-0.4, -0.2) is 20.7 Å². The zero-order chi connectivity index (χ0) is 15.4. The van der Waals surface area contributed by atoms with E-state index in [1.165, 1.54) is 6.33 Å². The molecule has 3 aromatic rings. The van der Waals surface area contributed by atoms with E-state index in [2.05, 4.69) is 31.3 Å². The Morgan fingerprint density at radius 3 is 2.68 bits per heavy atom. The lowest BCUT2D eigenvalue weighted by Crippen LogP contribution is -2.11. The van der Waals surface area contributed by atoms with Crippen LogP contribution in [0.25, 0.3) is 0 Å². The summed E-state index contributed by atoms with van der Waals surface area (Å²) in [6.07, 6.45) is 3.18. The number of nitrogens with zero attached hydrogens (tertiary/aromatic N) is 3. The highest BCUT2D eigenvalue weighted by Gasteiger charge is 2.06. The highest BCUT2D eigenvalue weighted by molar-refractivity contribution is 9.10. The van der Waals surface area contributed by atoms with Gasteiger partial charge < -0.3 is 5.32 Å². The molecule has 1 heterocycles. The van der Waals surface area contributed by atoms with Crippen molar-refractivity contribution in [2.24, 2.45) is 0 Å². The third-order valence-corrected chi connectivity index (χ3v) is 3.60. The van der Waals surface area contributed by atoms with Crippen LogP contribution in [0.4, 0.5) is 5.69 Å². The van der Waals surface area contributed by atoms with Gasteiger partial charge in [0.25, 0.3) is 5.91 Å². The summed E-state index contributed by atoms with van der Waals surface area (Å²) in [6, 6.07) is 14.9. The number of hydrogen-bond acceptors (Lipinski definition) is 3. The number of nitrogens with one attached hydrogen (secondary N) is 1. The first-order valence-corrected chi connectivity index (χ1v) is 7.48. The van der Waals surface area contributed by atoms with Gasteiger partial charge >= 0.3 is 0 Å². The van der Waals surface area contributed by atoms with Gasteiger partial charge in [0, 0.05) is 15.7 Å². The molecule has 22 heavy (non-hydrogen) atoms. The van der Waals surface area contributed by atoms with Crippen molar-refractivity contribution >= 4 is 27.5 Å². The molecule has 0 aliphatic rings. The highest BCUT2D eigenvalue weighted by Crippen LogP contribution is 2.15. The number of carbonyl (C=O) groups excluding carboxylic acids is 1. The van der Waals surface area contributed by atoms with Gasteiger partial charge in [0.1, 0.15) is 12.7 Å². The molecule has 2 aromatic carbocycles. The molecule has 0 aliphatic heterocycles. The molecule has 0 aliphatic carbocycles. The monoisotopic (exact) mass is 356 g/mol. The summed E-state index contributed by atoms with van der Waals surface area (Å²) in [7, 11) is 0. The van der Waals surface area contributed by atoms with Crippen molar-refractivity contribution in [1.29, 1.82) is 0 Å². The van der Waals surface area contributed by atoms with Gasteiger partial charge in [0.2, 0.25) is 0 Å². The van der Waals surface area contributed by atoms with E-state index in [1.807, 2.05) is 36.4 Å². The van der Waals surface area contributed by atoms with E-state index >= 15 is 0 Å². The van der Waals surface area contributed by atoms with E-state index in [1.54, 1.807) is 23.1 Å². The Labute approximate surface area is 136 Å². The fourth-order valence-corrected chi connectivity index (χ4v) is 2.43. The van der Waals surface area contributed by atoms with Crippen LogP contribution in [0.15, 0.2) is 65.7 Å². The topological polar surface area (TPSA) is 59.8 Å². The minimum atomic E-state index is -0.134. The summed E-state index contributed by atoms with van der Waals surface area (Å²) in [5, 5.41) is 6.94. The van der Waals surface area contributed by atoms with Crippen LogP contribution in [0.3, 0.4) is 0 Å². The summed E-state index contributed by atoms with van der Waals surface area (Å²) in [4.78, 5) is 16.1. The molecular weight excluding hydrogens is 344 g/mol. The first kappa shape index (κ1) is 14.5. The molecular formula is C16H13BrN4O. The van der Waals surface area contributed by atoms with Crippen LogP contribution in [0.5, 0.6) is 0 Å². The fourth-order valence-electron chi connectivity index (χ4n) is 2.03. The van der Waals surface area contributed by atoms with E-state index in [9.17, 15) is 4.79 Å². The number of halogens is 1. The second kappa shape index (κ2) is 6.53. The lowest BCUT2D eigenvalue weighted by Gasteiger charge is -2.07. The first-order chi connectivity index (χ1) is 10.7. The van der Waals surface area contributed by atoms with E-state index in [0.29, 0.717) is 12.1 Å². The van der Waals surface area contributed by atoms with Gasteiger partial charge in [-0.05, 0) is 35.9 Å². The maximum atomic E-state index is 12.2. The van der Waals surface area contributed by atoms with Gasteiger partial charge in [0.15, 0.2) is 0 Å². The van der Waals surface area contributed by atoms with Crippen molar-refractivity contribution < 1.29 is 4.79 Å². The normalized spacial score (nSPS) is 10.4. The summed E-state index contributed by atoms with van der Waals surface area (Å²) >= 11 is 3.36. The zero-order valence-corrected chi connectivity index (χ0v) is 13.2. The van der Waals surface area contributed by atoms with E-state index in [4.69, 9.17) is 0 Å². The Bertz CT molecular complexity index is 769. The lowest BCUT2D eigenvalue weighted by atomic mass is 10.2. The summed E-state index contributed by atoms with van der Waals surface area (Å²) in [5.41, 5.74) is 2.46. The van der Waals surface area contributed by atoms with Crippen molar-refractivity contribution in [2.75, 3.05) is 5.32 Å². The third-order valence-electron chi connectivity index (χ3n) is 3.11. The Morgan fingerprint density at radius 1 is 1.18 bits per heavy atom. The van der Waals surface area contributed by atoms with Crippen molar-refractivity contribution in [2.45, 2.75) is 6.54 Å². The molecule has 0 unspecified atom stereocenters. The highest BCUT2D eigenvalue weighted by atomic mass is 79.9. The molecule has 1 aromatic heterocycles. The third kappa shape index (κ3) is 3.59.